The summed E-state index contributed by atoms with van der Waals surface area (Å²) in [7, 11) is 1.89. The van der Waals surface area contributed by atoms with Gasteiger partial charge in [-0.2, -0.15) is 5.10 Å². The normalized spacial score (nSPS) is 16.1. The molecule has 5 heteroatoms. The first kappa shape index (κ1) is 14.7. The maximum atomic E-state index is 12.1. The van der Waals surface area contributed by atoms with E-state index in [2.05, 4.69) is 10.4 Å². The third-order valence-corrected chi connectivity index (χ3v) is 3.38. The molecule has 5 nitrogen and oxygen atoms in total. The van der Waals surface area contributed by atoms with Gasteiger partial charge in [0.15, 0.2) is 0 Å². The van der Waals surface area contributed by atoms with E-state index in [1.807, 2.05) is 27.8 Å². The summed E-state index contributed by atoms with van der Waals surface area (Å²) in [5.41, 5.74) is 7.28. The van der Waals surface area contributed by atoms with Gasteiger partial charge in [0.25, 0.3) is 0 Å². The Kier molecular flexibility index (Phi) is 4.51. The Balaban J connectivity index is 2.74. The molecule has 3 N–H and O–H groups in total. The number of rotatable bonds is 5. The van der Waals surface area contributed by atoms with E-state index in [-0.39, 0.29) is 11.9 Å². The SMILES string of the molecule is CCCC(C)(N)C(=O)NC(C)c1cnn(C)c1C. The standard InChI is InChI=1S/C13H24N4O/c1-6-7-13(4,14)12(18)16-9(2)11-8-15-17(5)10(11)3/h8-9H,6-7,14H2,1-5H3,(H,16,18). The lowest BCUT2D eigenvalue weighted by Crippen LogP contribution is -2.52. The summed E-state index contributed by atoms with van der Waals surface area (Å²) in [6, 6.07) is -0.0778. The number of carbonyl (C=O) groups excluding carboxylic acids is 1. The van der Waals surface area contributed by atoms with E-state index in [9.17, 15) is 4.79 Å². The number of nitrogens with one attached hydrogen (secondary N) is 1. The van der Waals surface area contributed by atoms with Gasteiger partial charge in [0.05, 0.1) is 17.8 Å². The van der Waals surface area contributed by atoms with Crippen molar-refractivity contribution in [3.8, 4) is 0 Å². The average Bonchev–Trinajstić information content (AvgIpc) is 2.59. The zero-order valence-electron chi connectivity index (χ0n) is 11.9. The number of nitrogens with zero attached hydrogens (tertiary/aromatic N) is 2. The Labute approximate surface area is 109 Å². The highest BCUT2D eigenvalue weighted by molar-refractivity contribution is 5.85. The van der Waals surface area contributed by atoms with Crippen LogP contribution in [0.1, 0.15) is 50.9 Å². The molecule has 0 bridgehead atoms. The number of carbonyl (C=O) groups is 1. The third-order valence-electron chi connectivity index (χ3n) is 3.38. The number of hydrogen-bond acceptors (Lipinski definition) is 3. The summed E-state index contributed by atoms with van der Waals surface area (Å²) in [6.45, 7) is 7.73. The zero-order chi connectivity index (χ0) is 13.9. The molecule has 0 saturated carbocycles. The van der Waals surface area contributed by atoms with Crippen molar-refractivity contribution in [2.24, 2.45) is 12.8 Å². The highest BCUT2D eigenvalue weighted by Crippen LogP contribution is 2.18. The molecule has 102 valence electrons. The predicted octanol–water partition coefficient (Wildman–Crippen LogP) is 1.42. The molecular formula is C13H24N4O. The van der Waals surface area contributed by atoms with E-state index < -0.39 is 5.54 Å². The van der Waals surface area contributed by atoms with E-state index in [0.717, 1.165) is 17.7 Å². The van der Waals surface area contributed by atoms with Crippen LogP contribution in [0.4, 0.5) is 0 Å². The van der Waals surface area contributed by atoms with Crippen molar-refractivity contribution in [2.75, 3.05) is 0 Å². The lowest BCUT2D eigenvalue weighted by molar-refractivity contribution is -0.126. The second kappa shape index (κ2) is 5.52. The molecule has 1 aromatic rings. The van der Waals surface area contributed by atoms with Crippen molar-refractivity contribution in [3.05, 3.63) is 17.5 Å². The molecule has 0 aliphatic rings. The number of amides is 1. The Morgan fingerprint density at radius 1 is 1.67 bits per heavy atom. The van der Waals surface area contributed by atoms with Crippen molar-refractivity contribution in [1.29, 1.82) is 0 Å². The van der Waals surface area contributed by atoms with Gasteiger partial charge in [0.2, 0.25) is 5.91 Å². The third kappa shape index (κ3) is 3.10. The molecule has 0 spiro atoms. The second-order valence-corrected chi connectivity index (χ2v) is 5.17. The van der Waals surface area contributed by atoms with Crippen LogP contribution in [-0.2, 0) is 11.8 Å². The first-order valence-corrected chi connectivity index (χ1v) is 6.38. The average molecular weight is 252 g/mol. The van der Waals surface area contributed by atoms with E-state index in [4.69, 9.17) is 5.73 Å². The summed E-state index contributed by atoms with van der Waals surface area (Å²) in [5, 5.41) is 7.14. The number of nitrogens with two attached hydrogens (primary N) is 1. The lowest BCUT2D eigenvalue weighted by atomic mass is 9.95. The molecule has 1 heterocycles. The van der Waals surface area contributed by atoms with Crippen LogP contribution in [0.5, 0.6) is 0 Å². The van der Waals surface area contributed by atoms with Crippen LogP contribution in [0.25, 0.3) is 0 Å². The molecule has 0 radical (unpaired) electrons. The Morgan fingerprint density at radius 3 is 2.72 bits per heavy atom. The van der Waals surface area contributed by atoms with Crippen LogP contribution in [0.2, 0.25) is 0 Å². The fourth-order valence-electron chi connectivity index (χ4n) is 2.01. The van der Waals surface area contributed by atoms with Crippen LogP contribution < -0.4 is 11.1 Å². The first-order valence-electron chi connectivity index (χ1n) is 6.38. The smallest absolute Gasteiger partial charge is 0.240 e. The van der Waals surface area contributed by atoms with E-state index in [0.29, 0.717) is 6.42 Å². The largest absolute Gasteiger partial charge is 0.348 e. The molecule has 0 aliphatic heterocycles. The monoisotopic (exact) mass is 252 g/mol. The van der Waals surface area contributed by atoms with Gasteiger partial charge in [-0.05, 0) is 27.2 Å². The number of aryl methyl sites for hydroxylation is 1. The minimum Gasteiger partial charge on any atom is -0.348 e. The van der Waals surface area contributed by atoms with E-state index in [1.165, 1.54) is 0 Å². The van der Waals surface area contributed by atoms with Gasteiger partial charge in [-0.15, -0.1) is 0 Å². The van der Waals surface area contributed by atoms with Crippen molar-refractivity contribution < 1.29 is 4.79 Å². The molecule has 0 fully saturated rings. The molecule has 1 amide bonds. The Hall–Kier alpha value is -1.36. The quantitative estimate of drug-likeness (QED) is 0.832. The first-order chi connectivity index (χ1) is 8.29. The molecule has 1 aromatic heterocycles. The van der Waals surface area contributed by atoms with Crippen molar-refractivity contribution in [3.63, 3.8) is 0 Å². The molecule has 0 saturated heterocycles. The topological polar surface area (TPSA) is 72.9 Å². The number of hydrogen-bond donors (Lipinski definition) is 2. The summed E-state index contributed by atoms with van der Waals surface area (Å²) in [4.78, 5) is 12.1. The molecule has 0 aromatic carbocycles. The molecule has 18 heavy (non-hydrogen) atoms. The van der Waals surface area contributed by atoms with Crippen LogP contribution in [0.15, 0.2) is 6.20 Å². The lowest BCUT2D eigenvalue weighted by Gasteiger charge is -2.25. The summed E-state index contributed by atoms with van der Waals surface area (Å²) >= 11 is 0. The maximum absolute atomic E-state index is 12.1. The minimum absolute atomic E-state index is 0.0778. The zero-order valence-corrected chi connectivity index (χ0v) is 11.9. The van der Waals surface area contributed by atoms with Crippen molar-refractivity contribution >= 4 is 5.91 Å². The van der Waals surface area contributed by atoms with Crippen molar-refractivity contribution in [1.82, 2.24) is 15.1 Å². The van der Waals surface area contributed by atoms with Crippen LogP contribution >= 0.6 is 0 Å². The fourth-order valence-corrected chi connectivity index (χ4v) is 2.01. The van der Waals surface area contributed by atoms with E-state index in [1.54, 1.807) is 17.8 Å². The highest BCUT2D eigenvalue weighted by atomic mass is 16.2. The Morgan fingerprint density at radius 2 is 2.28 bits per heavy atom. The fraction of sp³-hybridized carbons (Fsp3) is 0.692. The number of aromatic nitrogens is 2. The van der Waals surface area contributed by atoms with Gasteiger partial charge in [-0.1, -0.05) is 13.3 Å². The van der Waals surface area contributed by atoms with Crippen molar-refractivity contribution in [2.45, 2.75) is 52.1 Å². The van der Waals surface area contributed by atoms with Crippen LogP contribution in [0.3, 0.4) is 0 Å². The van der Waals surface area contributed by atoms with Gasteiger partial charge in [-0.25, -0.2) is 0 Å². The summed E-state index contributed by atoms with van der Waals surface area (Å²) in [5.74, 6) is -0.111. The molecule has 1 rings (SSSR count). The predicted molar refractivity (Wildman–Crippen MR) is 72.0 cm³/mol. The van der Waals surface area contributed by atoms with Gasteiger partial charge in [-0.3, -0.25) is 9.48 Å². The molecular weight excluding hydrogens is 228 g/mol. The molecule has 2 atom stereocenters. The Bertz CT molecular complexity index is 423. The molecule has 0 aliphatic carbocycles. The second-order valence-electron chi connectivity index (χ2n) is 5.17. The van der Waals surface area contributed by atoms with Gasteiger partial charge >= 0.3 is 0 Å². The minimum atomic E-state index is -0.806. The highest BCUT2D eigenvalue weighted by Gasteiger charge is 2.28. The summed E-state index contributed by atoms with van der Waals surface area (Å²) < 4.78 is 1.80. The van der Waals surface area contributed by atoms with E-state index >= 15 is 0 Å². The summed E-state index contributed by atoms with van der Waals surface area (Å²) in [6.07, 6.45) is 3.35. The maximum Gasteiger partial charge on any atom is 0.240 e. The van der Waals surface area contributed by atoms with Gasteiger partial charge in [0.1, 0.15) is 0 Å². The van der Waals surface area contributed by atoms with Crippen LogP contribution in [0, 0.1) is 6.92 Å². The van der Waals surface area contributed by atoms with Gasteiger partial charge < -0.3 is 11.1 Å². The molecule has 2 unspecified atom stereocenters. The van der Waals surface area contributed by atoms with Gasteiger partial charge in [0, 0.05) is 18.3 Å². The van der Waals surface area contributed by atoms with Crippen LogP contribution in [-0.4, -0.2) is 21.2 Å².